The lowest BCUT2D eigenvalue weighted by Gasteiger charge is -2.24. The number of fused-ring (bicyclic) bond motifs is 1. The van der Waals surface area contributed by atoms with Crippen molar-refractivity contribution in [3.05, 3.63) is 40.2 Å². The van der Waals surface area contributed by atoms with E-state index in [0.717, 1.165) is 12.8 Å². The lowest BCUT2D eigenvalue weighted by atomic mass is 10.1. The second-order valence-electron chi connectivity index (χ2n) is 5.98. The zero-order valence-corrected chi connectivity index (χ0v) is 13.6. The Kier molecular flexibility index (Phi) is 5.08. The molecule has 1 atom stereocenters. The number of hydrogen-bond donors (Lipinski definition) is 2. The summed E-state index contributed by atoms with van der Waals surface area (Å²) in [6, 6.07) is 6.79. The van der Waals surface area contributed by atoms with E-state index in [9.17, 15) is 14.4 Å². The number of aromatic nitrogens is 2. The minimum absolute atomic E-state index is 0.00196. The molecule has 0 aliphatic carbocycles. The third kappa shape index (κ3) is 3.85. The van der Waals surface area contributed by atoms with E-state index < -0.39 is 17.3 Å². The minimum atomic E-state index is -1.01. The van der Waals surface area contributed by atoms with Gasteiger partial charge in [-0.05, 0) is 25.0 Å². The fourth-order valence-electron chi connectivity index (χ4n) is 2.91. The van der Waals surface area contributed by atoms with E-state index in [0.29, 0.717) is 17.5 Å². The van der Waals surface area contributed by atoms with Gasteiger partial charge in [0.1, 0.15) is 0 Å². The smallest absolute Gasteiger partial charge is 0.305 e. The van der Waals surface area contributed by atoms with Crippen molar-refractivity contribution in [2.24, 2.45) is 0 Å². The molecule has 132 valence electrons. The van der Waals surface area contributed by atoms with Crippen molar-refractivity contribution in [3.8, 4) is 0 Å². The lowest BCUT2D eigenvalue weighted by molar-refractivity contribution is -0.137. The number of amides is 1. The van der Waals surface area contributed by atoms with Gasteiger partial charge < -0.3 is 14.7 Å². The van der Waals surface area contributed by atoms with E-state index in [1.807, 2.05) is 0 Å². The van der Waals surface area contributed by atoms with Crippen LogP contribution in [0.4, 0.5) is 0 Å². The van der Waals surface area contributed by atoms with Gasteiger partial charge in [0.2, 0.25) is 5.43 Å². The number of carbonyl (C=O) groups is 2. The number of para-hydroxylation sites is 1. The minimum Gasteiger partial charge on any atom is -0.481 e. The van der Waals surface area contributed by atoms with Crippen LogP contribution in [0.1, 0.15) is 29.8 Å². The average Bonchev–Trinajstić information content (AvgIpc) is 3.11. The van der Waals surface area contributed by atoms with Gasteiger partial charge in [-0.1, -0.05) is 12.1 Å². The Morgan fingerprint density at radius 1 is 1.36 bits per heavy atom. The van der Waals surface area contributed by atoms with Gasteiger partial charge in [0.05, 0.1) is 18.0 Å². The molecule has 1 aliphatic heterocycles. The van der Waals surface area contributed by atoms with Gasteiger partial charge in [-0.3, -0.25) is 19.5 Å². The largest absolute Gasteiger partial charge is 0.481 e. The average molecular weight is 345 g/mol. The van der Waals surface area contributed by atoms with Crippen molar-refractivity contribution in [1.82, 2.24) is 15.1 Å². The summed E-state index contributed by atoms with van der Waals surface area (Å²) in [5, 5.41) is 15.9. The summed E-state index contributed by atoms with van der Waals surface area (Å²) in [7, 11) is 0. The number of benzene rings is 1. The summed E-state index contributed by atoms with van der Waals surface area (Å²) in [6.07, 6.45) is 1.36. The molecule has 2 aromatic rings. The Labute approximate surface area is 143 Å². The number of aromatic amines is 1. The van der Waals surface area contributed by atoms with Crippen molar-refractivity contribution in [2.75, 3.05) is 19.7 Å². The predicted molar refractivity (Wildman–Crippen MR) is 89.5 cm³/mol. The number of H-pyrrole nitrogens is 1. The van der Waals surface area contributed by atoms with Gasteiger partial charge in [0, 0.05) is 25.1 Å². The first-order chi connectivity index (χ1) is 12.1. The van der Waals surface area contributed by atoms with Gasteiger partial charge >= 0.3 is 5.97 Å². The second kappa shape index (κ2) is 7.43. The van der Waals surface area contributed by atoms with Gasteiger partial charge in [-0.2, -0.15) is 5.10 Å². The first-order valence-corrected chi connectivity index (χ1v) is 8.16. The zero-order valence-electron chi connectivity index (χ0n) is 13.6. The molecule has 1 aliphatic rings. The van der Waals surface area contributed by atoms with Crippen LogP contribution in [0.2, 0.25) is 0 Å². The summed E-state index contributed by atoms with van der Waals surface area (Å²) in [5.74, 6) is -1.59. The maximum atomic E-state index is 12.8. The maximum Gasteiger partial charge on any atom is 0.305 e. The van der Waals surface area contributed by atoms with Crippen molar-refractivity contribution >= 4 is 22.8 Å². The molecular formula is C17H19N3O5. The Hall–Kier alpha value is -2.74. The monoisotopic (exact) mass is 345 g/mol. The van der Waals surface area contributed by atoms with E-state index in [1.165, 1.54) is 4.90 Å². The van der Waals surface area contributed by atoms with Gasteiger partial charge in [0.25, 0.3) is 5.91 Å². The SMILES string of the molecule is O=C(O)CCN(CC1CCCO1)C(=O)c1n[nH]c2ccccc2c1=O. The molecule has 1 fully saturated rings. The molecule has 8 nitrogen and oxygen atoms in total. The Morgan fingerprint density at radius 2 is 2.16 bits per heavy atom. The van der Waals surface area contributed by atoms with Crippen LogP contribution in [0, 0.1) is 0 Å². The van der Waals surface area contributed by atoms with Crippen LogP contribution in [0.25, 0.3) is 10.9 Å². The van der Waals surface area contributed by atoms with E-state index in [1.54, 1.807) is 24.3 Å². The molecule has 1 saturated heterocycles. The van der Waals surface area contributed by atoms with Gasteiger partial charge in [-0.25, -0.2) is 0 Å². The Bertz CT molecular complexity index is 842. The summed E-state index contributed by atoms with van der Waals surface area (Å²) < 4.78 is 5.53. The highest BCUT2D eigenvalue weighted by Crippen LogP contribution is 2.15. The van der Waals surface area contributed by atoms with E-state index in [-0.39, 0.29) is 31.3 Å². The maximum absolute atomic E-state index is 12.8. The van der Waals surface area contributed by atoms with Crippen LogP contribution in [-0.2, 0) is 9.53 Å². The standard InChI is InChI=1S/C17H19N3O5/c21-14(22)7-8-20(10-11-4-3-9-25-11)17(24)15-16(23)12-5-1-2-6-13(12)18-19-15/h1-2,5-6,11H,3-4,7-10H2,(H,18,23)(H,21,22). The molecular weight excluding hydrogens is 326 g/mol. The number of carbonyl (C=O) groups excluding carboxylic acids is 1. The molecule has 2 heterocycles. The second-order valence-corrected chi connectivity index (χ2v) is 5.98. The van der Waals surface area contributed by atoms with E-state index in [2.05, 4.69) is 10.2 Å². The lowest BCUT2D eigenvalue weighted by Crippen LogP contribution is -2.41. The molecule has 1 amide bonds. The number of hydrogen-bond acceptors (Lipinski definition) is 5. The Balaban J connectivity index is 1.88. The van der Waals surface area contributed by atoms with Crippen molar-refractivity contribution in [3.63, 3.8) is 0 Å². The summed E-state index contributed by atoms with van der Waals surface area (Å²) in [4.78, 5) is 37.6. The normalized spacial score (nSPS) is 16.9. The Morgan fingerprint density at radius 3 is 2.88 bits per heavy atom. The van der Waals surface area contributed by atoms with Crippen LogP contribution >= 0.6 is 0 Å². The molecule has 0 radical (unpaired) electrons. The molecule has 8 heteroatoms. The number of aliphatic carboxylic acids is 1. The quantitative estimate of drug-likeness (QED) is 0.808. The highest BCUT2D eigenvalue weighted by atomic mass is 16.5. The molecule has 1 unspecified atom stereocenters. The summed E-state index contributed by atoms with van der Waals surface area (Å²) in [5.41, 5.74) is -0.158. The van der Waals surface area contributed by atoms with Crippen LogP contribution in [-0.4, -0.2) is 57.9 Å². The van der Waals surface area contributed by atoms with Crippen molar-refractivity contribution in [1.29, 1.82) is 0 Å². The highest BCUT2D eigenvalue weighted by Gasteiger charge is 2.26. The fraction of sp³-hybridized carbons (Fsp3) is 0.412. The fourth-order valence-corrected chi connectivity index (χ4v) is 2.91. The highest BCUT2D eigenvalue weighted by molar-refractivity contribution is 5.95. The third-order valence-electron chi connectivity index (χ3n) is 4.21. The molecule has 0 bridgehead atoms. The molecule has 25 heavy (non-hydrogen) atoms. The summed E-state index contributed by atoms with van der Waals surface area (Å²) in [6.45, 7) is 0.877. The first-order valence-electron chi connectivity index (χ1n) is 8.16. The molecule has 0 saturated carbocycles. The predicted octanol–water partition coefficient (Wildman–Crippen LogP) is 1.02. The number of carboxylic acid groups (broad SMARTS) is 1. The van der Waals surface area contributed by atoms with Gasteiger partial charge in [-0.15, -0.1) is 0 Å². The number of nitrogens with one attached hydrogen (secondary N) is 1. The van der Waals surface area contributed by atoms with Crippen LogP contribution in [0.15, 0.2) is 29.1 Å². The van der Waals surface area contributed by atoms with Crippen LogP contribution < -0.4 is 5.43 Å². The molecule has 1 aromatic carbocycles. The number of nitrogens with zero attached hydrogens (tertiary/aromatic N) is 2. The number of ether oxygens (including phenoxy) is 1. The topological polar surface area (TPSA) is 113 Å². The molecule has 1 aromatic heterocycles. The van der Waals surface area contributed by atoms with Crippen molar-refractivity contribution in [2.45, 2.75) is 25.4 Å². The molecule has 3 rings (SSSR count). The molecule has 0 spiro atoms. The third-order valence-corrected chi connectivity index (χ3v) is 4.21. The summed E-state index contributed by atoms with van der Waals surface area (Å²) >= 11 is 0. The number of carboxylic acids is 1. The van der Waals surface area contributed by atoms with Crippen molar-refractivity contribution < 1.29 is 19.4 Å². The zero-order chi connectivity index (χ0) is 17.8. The van der Waals surface area contributed by atoms with Gasteiger partial charge in [0.15, 0.2) is 5.69 Å². The van der Waals surface area contributed by atoms with E-state index >= 15 is 0 Å². The van der Waals surface area contributed by atoms with Crippen LogP contribution in [0.5, 0.6) is 0 Å². The molecule has 2 N–H and O–H groups in total. The first kappa shape index (κ1) is 17.1. The van der Waals surface area contributed by atoms with Crippen LogP contribution in [0.3, 0.4) is 0 Å². The number of rotatable bonds is 6. The van der Waals surface area contributed by atoms with E-state index in [4.69, 9.17) is 9.84 Å².